The van der Waals surface area contributed by atoms with Crippen molar-refractivity contribution in [3.8, 4) is 11.1 Å². The number of aromatic nitrogens is 4. The Morgan fingerprint density at radius 1 is 1.09 bits per heavy atom. The van der Waals surface area contributed by atoms with Gasteiger partial charge in [0.25, 0.3) is 5.56 Å². The fourth-order valence-electron chi connectivity index (χ4n) is 4.28. The normalized spacial score (nSPS) is 12.3. The maximum Gasteiger partial charge on any atom is 0.327 e. The van der Waals surface area contributed by atoms with Gasteiger partial charge in [0.15, 0.2) is 5.65 Å². The number of hydrogen-bond donors (Lipinski definition) is 1. The summed E-state index contributed by atoms with van der Waals surface area (Å²) in [6.07, 6.45) is 3.75. The van der Waals surface area contributed by atoms with Crippen LogP contribution in [0.25, 0.3) is 27.7 Å². The zero-order chi connectivity index (χ0) is 23.8. The molecule has 34 heavy (non-hydrogen) atoms. The molecule has 1 atom stereocenters. The lowest BCUT2D eigenvalue weighted by molar-refractivity contribution is -0.141. The quantitative estimate of drug-likeness (QED) is 0.412. The lowest BCUT2D eigenvalue weighted by Crippen LogP contribution is -2.31. The van der Waals surface area contributed by atoms with Gasteiger partial charge in [-0.05, 0) is 35.7 Å². The van der Waals surface area contributed by atoms with Crippen molar-refractivity contribution in [3.05, 3.63) is 100 Å². The molecule has 5 rings (SSSR count). The van der Waals surface area contributed by atoms with Gasteiger partial charge >= 0.3 is 5.97 Å². The number of aliphatic carboxylic acids is 1. The fraction of sp³-hybridized carbons (Fsp3) is 0.154. The Labute approximate surface area is 193 Å². The average molecular weight is 456 g/mol. The molecular formula is C26H21FN4O3. The van der Waals surface area contributed by atoms with Gasteiger partial charge in [-0.3, -0.25) is 4.79 Å². The second-order valence-corrected chi connectivity index (χ2v) is 8.05. The first kappa shape index (κ1) is 21.5. The third-order valence-corrected chi connectivity index (χ3v) is 5.97. The van der Waals surface area contributed by atoms with Crippen LogP contribution in [0, 0.1) is 5.82 Å². The van der Waals surface area contributed by atoms with Crippen LogP contribution >= 0.6 is 0 Å². The van der Waals surface area contributed by atoms with Crippen molar-refractivity contribution in [1.82, 2.24) is 19.2 Å². The topological polar surface area (TPSA) is 89.5 Å². The van der Waals surface area contributed by atoms with Crippen molar-refractivity contribution < 1.29 is 14.3 Å². The first-order valence-electron chi connectivity index (χ1n) is 10.9. The van der Waals surface area contributed by atoms with Gasteiger partial charge in [0.1, 0.15) is 11.9 Å². The van der Waals surface area contributed by atoms with Gasteiger partial charge < -0.3 is 9.67 Å². The first-order chi connectivity index (χ1) is 16.5. The zero-order valence-corrected chi connectivity index (χ0v) is 18.4. The van der Waals surface area contributed by atoms with Gasteiger partial charge in [0.05, 0.1) is 16.6 Å². The summed E-state index contributed by atoms with van der Waals surface area (Å²) < 4.78 is 16.3. The maximum absolute atomic E-state index is 13.5. The van der Waals surface area contributed by atoms with E-state index in [1.807, 2.05) is 37.3 Å². The van der Waals surface area contributed by atoms with Crippen LogP contribution in [-0.4, -0.2) is 30.2 Å². The van der Waals surface area contributed by atoms with E-state index in [4.69, 9.17) is 0 Å². The Balaban J connectivity index is 1.67. The highest BCUT2D eigenvalue weighted by molar-refractivity contribution is 5.86. The van der Waals surface area contributed by atoms with E-state index < -0.39 is 17.6 Å². The van der Waals surface area contributed by atoms with Crippen LogP contribution in [0.15, 0.2) is 77.9 Å². The fourth-order valence-corrected chi connectivity index (χ4v) is 4.28. The Morgan fingerprint density at radius 3 is 2.50 bits per heavy atom. The molecule has 0 aliphatic heterocycles. The van der Waals surface area contributed by atoms with Crippen molar-refractivity contribution in [1.29, 1.82) is 0 Å². The minimum absolute atomic E-state index is 0.174. The summed E-state index contributed by atoms with van der Waals surface area (Å²) in [7, 11) is 0. The van der Waals surface area contributed by atoms with Gasteiger partial charge in [-0.15, -0.1) is 0 Å². The SMILES string of the molecule is CCc1nn2c(ncc3c(=O)n(C(Cc4ccccc4)C(=O)O)ccc32)c1-c1ccc(F)cc1. The number of nitrogens with zero attached hydrogens (tertiary/aromatic N) is 4. The van der Waals surface area contributed by atoms with Gasteiger partial charge in [-0.25, -0.2) is 18.7 Å². The molecule has 0 saturated heterocycles. The number of fused-ring (bicyclic) bond motifs is 3. The summed E-state index contributed by atoms with van der Waals surface area (Å²) >= 11 is 0. The van der Waals surface area contributed by atoms with Crippen LogP contribution in [0.4, 0.5) is 4.39 Å². The monoisotopic (exact) mass is 456 g/mol. The number of carboxylic acids is 1. The second-order valence-electron chi connectivity index (χ2n) is 8.05. The van der Waals surface area contributed by atoms with Crippen LogP contribution in [0.5, 0.6) is 0 Å². The standard InChI is InChI=1S/C26H21FN4O3/c1-2-20-23(17-8-10-18(27)11-9-17)24-28-15-19-21(31(24)29-20)12-13-30(25(19)32)22(26(33)34)14-16-6-4-3-5-7-16/h3-13,15,22H,2,14H2,1H3,(H,33,34). The number of halogens is 1. The van der Waals surface area contributed by atoms with E-state index >= 15 is 0 Å². The summed E-state index contributed by atoms with van der Waals surface area (Å²) in [6.45, 7) is 1.96. The number of aryl methyl sites for hydroxylation is 1. The third-order valence-electron chi connectivity index (χ3n) is 5.97. The molecule has 0 spiro atoms. The Bertz CT molecular complexity index is 1570. The van der Waals surface area contributed by atoms with Crippen molar-refractivity contribution in [2.75, 3.05) is 0 Å². The molecule has 0 fully saturated rings. The van der Waals surface area contributed by atoms with E-state index in [0.29, 0.717) is 17.6 Å². The maximum atomic E-state index is 13.5. The highest BCUT2D eigenvalue weighted by Crippen LogP contribution is 2.29. The minimum Gasteiger partial charge on any atom is -0.480 e. The van der Waals surface area contributed by atoms with E-state index in [1.54, 1.807) is 22.7 Å². The van der Waals surface area contributed by atoms with E-state index in [9.17, 15) is 19.1 Å². The van der Waals surface area contributed by atoms with Gasteiger partial charge in [0.2, 0.25) is 0 Å². The van der Waals surface area contributed by atoms with Crippen LogP contribution in [0.3, 0.4) is 0 Å². The molecule has 0 aliphatic carbocycles. The molecule has 1 unspecified atom stereocenters. The van der Waals surface area contributed by atoms with E-state index in [0.717, 1.165) is 22.4 Å². The molecule has 0 aliphatic rings. The van der Waals surface area contributed by atoms with Gasteiger partial charge in [-0.2, -0.15) is 5.10 Å². The second kappa shape index (κ2) is 8.55. The molecule has 170 valence electrons. The summed E-state index contributed by atoms with van der Waals surface area (Å²) in [4.78, 5) is 29.9. The van der Waals surface area contributed by atoms with Crippen molar-refractivity contribution >= 4 is 22.5 Å². The van der Waals surface area contributed by atoms with Crippen molar-refractivity contribution in [2.24, 2.45) is 0 Å². The molecule has 2 aromatic carbocycles. The predicted octanol–water partition coefficient (Wildman–Crippen LogP) is 4.28. The lowest BCUT2D eigenvalue weighted by Gasteiger charge is -2.16. The van der Waals surface area contributed by atoms with Crippen molar-refractivity contribution in [3.63, 3.8) is 0 Å². The molecular weight excluding hydrogens is 435 g/mol. The smallest absolute Gasteiger partial charge is 0.327 e. The lowest BCUT2D eigenvalue weighted by atomic mass is 10.0. The molecule has 0 amide bonds. The van der Waals surface area contributed by atoms with Crippen molar-refractivity contribution in [2.45, 2.75) is 25.8 Å². The Morgan fingerprint density at radius 2 is 1.82 bits per heavy atom. The number of rotatable bonds is 6. The highest BCUT2D eigenvalue weighted by atomic mass is 19.1. The number of carbonyl (C=O) groups is 1. The average Bonchev–Trinajstić information content (AvgIpc) is 3.23. The molecule has 0 radical (unpaired) electrons. The number of benzene rings is 2. The molecule has 8 heteroatoms. The van der Waals surface area contributed by atoms with Gasteiger partial charge in [0, 0.05) is 24.4 Å². The highest BCUT2D eigenvalue weighted by Gasteiger charge is 2.23. The number of pyridine rings is 1. The van der Waals surface area contributed by atoms with Crippen LogP contribution in [-0.2, 0) is 17.6 Å². The molecule has 5 aromatic rings. The number of carboxylic acid groups (broad SMARTS) is 1. The zero-order valence-electron chi connectivity index (χ0n) is 18.4. The van der Waals surface area contributed by atoms with E-state index in [-0.39, 0.29) is 17.6 Å². The molecule has 3 aromatic heterocycles. The summed E-state index contributed by atoms with van der Waals surface area (Å²) in [5.41, 5.74) is 3.77. The summed E-state index contributed by atoms with van der Waals surface area (Å²) in [5, 5.41) is 14.8. The Kier molecular flexibility index (Phi) is 5.41. The third kappa shape index (κ3) is 3.63. The molecule has 1 N–H and O–H groups in total. The van der Waals surface area contributed by atoms with Crippen LogP contribution in [0.1, 0.15) is 24.2 Å². The van der Waals surface area contributed by atoms with Gasteiger partial charge in [-0.1, -0.05) is 49.4 Å². The molecule has 3 heterocycles. The van der Waals surface area contributed by atoms with Crippen LogP contribution in [0.2, 0.25) is 0 Å². The summed E-state index contributed by atoms with van der Waals surface area (Å²) in [6, 6.07) is 15.9. The largest absolute Gasteiger partial charge is 0.480 e. The van der Waals surface area contributed by atoms with Crippen LogP contribution < -0.4 is 5.56 Å². The molecule has 0 saturated carbocycles. The predicted molar refractivity (Wildman–Crippen MR) is 126 cm³/mol. The van der Waals surface area contributed by atoms with E-state index in [2.05, 4.69) is 10.1 Å². The first-order valence-corrected chi connectivity index (χ1v) is 10.9. The number of hydrogen-bond acceptors (Lipinski definition) is 4. The molecule has 7 nitrogen and oxygen atoms in total. The minimum atomic E-state index is -1.09. The summed E-state index contributed by atoms with van der Waals surface area (Å²) in [5.74, 6) is -1.42. The molecule has 0 bridgehead atoms. The van der Waals surface area contributed by atoms with E-state index in [1.165, 1.54) is 29.1 Å². The Hall–Kier alpha value is -4.33.